The summed E-state index contributed by atoms with van der Waals surface area (Å²) < 4.78 is 27.0. The molecule has 0 aliphatic rings. The summed E-state index contributed by atoms with van der Waals surface area (Å²) in [4.78, 5) is 13.5. The highest BCUT2D eigenvalue weighted by Crippen LogP contribution is 2.21. The van der Waals surface area contributed by atoms with Crippen molar-refractivity contribution in [3.05, 3.63) is 46.8 Å². The van der Waals surface area contributed by atoms with Gasteiger partial charge in [-0.25, -0.2) is 13.1 Å². The predicted octanol–water partition coefficient (Wildman–Crippen LogP) is 2.70. The maximum absolute atomic E-state index is 12.1. The number of thiophene rings is 1. The van der Waals surface area contributed by atoms with Gasteiger partial charge in [-0.1, -0.05) is 18.2 Å². The summed E-state index contributed by atoms with van der Waals surface area (Å²) in [7, 11) is -3.51. The van der Waals surface area contributed by atoms with Crippen LogP contribution in [0.4, 0.5) is 5.69 Å². The monoisotopic (exact) mass is 352 g/mol. The molecule has 1 aromatic carbocycles. The molecule has 2 rings (SSSR count). The van der Waals surface area contributed by atoms with Gasteiger partial charge < -0.3 is 4.90 Å². The minimum atomic E-state index is -3.51. The zero-order chi connectivity index (χ0) is 17.0. The van der Waals surface area contributed by atoms with Crippen molar-refractivity contribution < 1.29 is 13.2 Å². The molecular weight excluding hydrogens is 332 g/mol. The van der Waals surface area contributed by atoms with E-state index in [0.29, 0.717) is 0 Å². The van der Waals surface area contributed by atoms with Gasteiger partial charge in [-0.05, 0) is 42.5 Å². The summed E-state index contributed by atoms with van der Waals surface area (Å²) in [5.74, 6) is -0.117. The van der Waals surface area contributed by atoms with Gasteiger partial charge in [0, 0.05) is 25.7 Å². The van der Waals surface area contributed by atoms with Crippen molar-refractivity contribution in [3.63, 3.8) is 0 Å². The topological polar surface area (TPSA) is 66.5 Å². The van der Waals surface area contributed by atoms with Crippen LogP contribution in [0.2, 0.25) is 0 Å². The highest BCUT2D eigenvalue weighted by Gasteiger charge is 2.17. The van der Waals surface area contributed by atoms with E-state index in [9.17, 15) is 13.2 Å². The van der Waals surface area contributed by atoms with Crippen molar-refractivity contribution >= 4 is 33.0 Å². The second-order valence-corrected chi connectivity index (χ2v) is 8.23. The number of rotatable bonds is 6. The predicted molar refractivity (Wildman–Crippen MR) is 93.5 cm³/mol. The van der Waals surface area contributed by atoms with E-state index in [2.05, 4.69) is 4.72 Å². The van der Waals surface area contributed by atoms with Crippen LogP contribution in [0.3, 0.4) is 0 Å². The molecule has 0 aliphatic heterocycles. The van der Waals surface area contributed by atoms with Crippen LogP contribution in [0.25, 0.3) is 0 Å². The molecule has 0 saturated heterocycles. The van der Waals surface area contributed by atoms with E-state index in [4.69, 9.17) is 0 Å². The van der Waals surface area contributed by atoms with Gasteiger partial charge in [-0.3, -0.25) is 4.79 Å². The van der Waals surface area contributed by atoms with Crippen molar-refractivity contribution in [1.29, 1.82) is 0 Å². The molecule has 0 unspecified atom stereocenters. The fourth-order valence-electron chi connectivity index (χ4n) is 2.24. The molecule has 7 heteroatoms. The Bertz CT molecular complexity index is 784. The van der Waals surface area contributed by atoms with E-state index in [0.717, 1.165) is 28.2 Å². The van der Waals surface area contributed by atoms with Crippen LogP contribution in [0.15, 0.2) is 39.9 Å². The van der Waals surface area contributed by atoms with Crippen LogP contribution < -0.4 is 9.62 Å². The third-order valence-corrected chi connectivity index (χ3v) is 6.28. The van der Waals surface area contributed by atoms with Crippen molar-refractivity contribution in [1.82, 2.24) is 4.72 Å². The summed E-state index contributed by atoms with van der Waals surface area (Å²) in [6.07, 6.45) is 0. The normalized spacial score (nSPS) is 11.4. The minimum Gasteiger partial charge on any atom is -0.311 e. The van der Waals surface area contributed by atoms with Crippen LogP contribution in [0, 0.1) is 13.8 Å². The quantitative estimate of drug-likeness (QED) is 0.869. The average molecular weight is 352 g/mol. The smallest absolute Gasteiger partial charge is 0.250 e. The van der Waals surface area contributed by atoms with Crippen LogP contribution in [-0.4, -0.2) is 27.4 Å². The van der Waals surface area contributed by atoms with Crippen molar-refractivity contribution in [2.24, 2.45) is 0 Å². The Labute approximate surface area is 141 Å². The van der Waals surface area contributed by atoms with Gasteiger partial charge in [-0.15, -0.1) is 11.3 Å². The van der Waals surface area contributed by atoms with Gasteiger partial charge in [0.25, 0.3) is 0 Å². The molecule has 5 nitrogen and oxygen atoms in total. The number of hydrogen-bond acceptors (Lipinski definition) is 4. The first kappa shape index (κ1) is 17.7. The summed E-state index contributed by atoms with van der Waals surface area (Å²) in [5, 5.41) is 1.71. The number of nitrogens with one attached hydrogen (secondary N) is 1. The largest absolute Gasteiger partial charge is 0.311 e. The molecule has 0 fully saturated rings. The molecule has 1 amide bonds. The van der Waals surface area contributed by atoms with E-state index in [1.165, 1.54) is 6.92 Å². The molecule has 0 bridgehead atoms. The first-order valence-electron chi connectivity index (χ1n) is 7.20. The summed E-state index contributed by atoms with van der Waals surface area (Å²) >= 11 is 1.16. The zero-order valence-electron chi connectivity index (χ0n) is 13.4. The number of nitrogens with zero attached hydrogens (tertiary/aromatic N) is 1. The zero-order valence-corrected chi connectivity index (χ0v) is 15.0. The van der Waals surface area contributed by atoms with E-state index >= 15 is 0 Å². The van der Waals surface area contributed by atoms with E-state index in [-0.39, 0.29) is 23.2 Å². The Kier molecular flexibility index (Phi) is 5.56. The number of sulfonamides is 1. The Hall–Kier alpha value is -1.70. The Morgan fingerprint density at radius 1 is 1.26 bits per heavy atom. The summed E-state index contributed by atoms with van der Waals surface area (Å²) in [5.41, 5.74) is 2.84. The molecule has 1 heterocycles. The SMILES string of the molecule is CC(=O)N(CCNS(=O)(=O)c1cccs1)c1cc(C)ccc1C. The average Bonchev–Trinajstić information content (AvgIpc) is 3.01. The standard InChI is InChI=1S/C16H20N2O3S2/c1-12-6-7-13(2)15(11-12)18(14(3)19)9-8-17-23(20,21)16-5-4-10-22-16/h4-7,10-11,17H,8-9H2,1-3H3. The molecule has 0 aliphatic carbocycles. The number of hydrogen-bond donors (Lipinski definition) is 1. The second-order valence-electron chi connectivity index (χ2n) is 5.29. The molecule has 1 N–H and O–H groups in total. The molecule has 0 atom stereocenters. The molecule has 124 valence electrons. The first-order chi connectivity index (χ1) is 10.8. The number of anilines is 1. The Balaban J connectivity index is 2.10. The highest BCUT2D eigenvalue weighted by atomic mass is 32.2. The van der Waals surface area contributed by atoms with Crippen molar-refractivity contribution in [2.45, 2.75) is 25.0 Å². The van der Waals surface area contributed by atoms with Crippen LogP contribution in [0.1, 0.15) is 18.1 Å². The van der Waals surface area contributed by atoms with Crippen LogP contribution in [-0.2, 0) is 14.8 Å². The second kappa shape index (κ2) is 7.25. The molecule has 23 heavy (non-hydrogen) atoms. The van der Waals surface area contributed by atoms with Crippen LogP contribution in [0.5, 0.6) is 0 Å². The third kappa shape index (κ3) is 4.40. The van der Waals surface area contributed by atoms with E-state index < -0.39 is 10.0 Å². The molecule has 0 spiro atoms. The van der Waals surface area contributed by atoms with Gasteiger partial charge in [0.1, 0.15) is 4.21 Å². The number of amides is 1. The third-order valence-electron chi connectivity index (χ3n) is 3.42. The minimum absolute atomic E-state index is 0.117. The number of carbonyl (C=O) groups is 1. The number of aryl methyl sites for hydroxylation is 2. The van der Waals surface area contributed by atoms with Crippen molar-refractivity contribution in [3.8, 4) is 0 Å². The van der Waals surface area contributed by atoms with Gasteiger partial charge >= 0.3 is 0 Å². The lowest BCUT2D eigenvalue weighted by molar-refractivity contribution is -0.116. The molecule has 1 aromatic heterocycles. The fraction of sp³-hybridized carbons (Fsp3) is 0.312. The van der Waals surface area contributed by atoms with Crippen LogP contribution >= 0.6 is 11.3 Å². The maximum atomic E-state index is 12.1. The fourth-order valence-corrected chi connectivity index (χ4v) is 4.30. The summed E-state index contributed by atoms with van der Waals surface area (Å²) in [6.45, 7) is 5.81. The Morgan fingerprint density at radius 3 is 2.61 bits per heavy atom. The lowest BCUT2D eigenvalue weighted by Crippen LogP contribution is -2.37. The molecule has 0 radical (unpaired) electrons. The van der Waals surface area contributed by atoms with Crippen molar-refractivity contribution in [2.75, 3.05) is 18.0 Å². The number of benzene rings is 1. The maximum Gasteiger partial charge on any atom is 0.250 e. The molecular formula is C16H20N2O3S2. The lowest BCUT2D eigenvalue weighted by atomic mass is 10.1. The highest BCUT2D eigenvalue weighted by molar-refractivity contribution is 7.91. The first-order valence-corrected chi connectivity index (χ1v) is 9.56. The molecule has 2 aromatic rings. The van der Waals surface area contributed by atoms with Gasteiger partial charge in [0.15, 0.2) is 0 Å². The number of carbonyl (C=O) groups excluding carboxylic acids is 1. The Morgan fingerprint density at radius 2 is 2.00 bits per heavy atom. The van der Waals surface area contributed by atoms with Gasteiger partial charge in [-0.2, -0.15) is 0 Å². The lowest BCUT2D eigenvalue weighted by Gasteiger charge is -2.23. The van der Waals surface area contributed by atoms with Gasteiger partial charge in [0.05, 0.1) is 0 Å². The van der Waals surface area contributed by atoms with Gasteiger partial charge in [0.2, 0.25) is 15.9 Å². The molecule has 0 saturated carbocycles. The van der Waals surface area contributed by atoms with E-state index in [1.54, 1.807) is 22.4 Å². The van der Waals surface area contributed by atoms with E-state index in [1.807, 2.05) is 32.0 Å². The summed E-state index contributed by atoms with van der Waals surface area (Å²) in [6, 6.07) is 9.12.